The number of nitrogens with zero attached hydrogens (tertiary/aromatic N) is 2. The lowest BCUT2D eigenvalue weighted by molar-refractivity contribution is -0.121. The molecular weight excluding hydrogens is 334 g/mol. The Balaban J connectivity index is 2.32. The Morgan fingerprint density at radius 2 is 2.32 bits per heavy atom. The van der Waals surface area contributed by atoms with Gasteiger partial charge in [0.05, 0.1) is 4.47 Å². The molecule has 2 aromatic heterocycles. The monoisotopic (exact) mass is 345 g/mol. The third-order valence-corrected chi connectivity index (χ3v) is 3.32. The molecule has 1 amide bonds. The van der Waals surface area contributed by atoms with E-state index in [0.29, 0.717) is 23.4 Å². The predicted octanol–water partition coefficient (Wildman–Crippen LogP) is 2.31. The first-order valence-corrected chi connectivity index (χ1v) is 6.94. The zero-order chi connectivity index (χ0) is 14.0. The van der Waals surface area contributed by atoms with E-state index in [2.05, 4.69) is 41.5 Å². The maximum Gasteiger partial charge on any atom is 0.242 e. The van der Waals surface area contributed by atoms with E-state index in [9.17, 15) is 4.79 Å². The Morgan fingerprint density at radius 1 is 1.58 bits per heavy atom. The van der Waals surface area contributed by atoms with Crippen molar-refractivity contribution in [2.75, 3.05) is 11.9 Å². The second-order valence-corrected chi connectivity index (χ2v) is 5.15. The molecule has 0 fully saturated rings. The van der Waals surface area contributed by atoms with Gasteiger partial charge in [-0.25, -0.2) is 4.98 Å². The van der Waals surface area contributed by atoms with E-state index >= 15 is 0 Å². The van der Waals surface area contributed by atoms with Crippen LogP contribution in [0.5, 0.6) is 0 Å². The molecule has 1 atom stereocenters. The number of fused-ring (bicyclic) bond motifs is 1. The van der Waals surface area contributed by atoms with E-state index in [0.717, 1.165) is 4.47 Å². The van der Waals surface area contributed by atoms with Crippen LogP contribution in [-0.2, 0) is 4.79 Å². The van der Waals surface area contributed by atoms with Crippen LogP contribution in [0.1, 0.15) is 13.8 Å². The zero-order valence-corrected chi connectivity index (χ0v) is 12.8. The highest BCUT2D eigenvalue weighted by atomic mass is 79.9. The number of hydrogen-bond acceptors (Lipinski definition) is 4. The number of anilines is 1. The molecule has 0 saturated carbocycles. The number of carbonyl (C=O) groups excluding carboxylic acids is 1. The molecule has 2 rings (SSSR count). The van der Waals surface area contributed by atoms with Gasteiger partial charge in [-0.1, -0.05) is 0 Å². The van der Waals surface area contributed by atoms with E-state index in [1.54, 1.807) is 13.1 Å². The third kappa shape index (κ3) is 2.98. The highest BCUT2D eigenvalue weighted by Gasteiger charge is 2.16. The summed E-state index contributed by atoms with van der Waals surface area (Å²) in [4.78, 5) is 23.0. The summed E-state index contributed by atoms with van der Waals surface area (Å²) >= 11 is 9.25. The lowest BCUT2D eigenvalue weighted by Crippen LogP contribution is -2.37. The van der Waals surface area contributed by atoms with Crippen LogP contribution in [-0.4, -0.2) is 33.4 Å². The molecule has 102 valence electrons. The van der Waals surface area contributed by atoms with Crippen LogP contribution < -0.4 is 10.6 Å². The number of likely N-dealkylation sites (N-methyl/N-ethyl adjacent to an activating group) is 1. The SMILES string of the molecule is CCNC(=O)[C@@H](C)Nc1nc(Cl)nc2c(Br)c[nH]c12. The minimum atomic E-state index is -0.420. The maximum absolute atomic E-state index is 11.7. The Bertz CT molecular complexity index is 614. The Hall–Kier alpha value is -1.34. The molecule has 2 heterocycles. The molecule has 8 heteroatoms. The van der Waals surface area contributed by atoms with Gasteiger partial charge in [-0.2, -0.15) is 4.98 Å². The number of hydrogen-bond donors (Lipinski definition) is 3. The minimum Gasteiger partial charge on any atom is -0.357 e. The van der Waals surface area contributed by atoms with Crippen LogP contribution in [0.25, 0.3) is 11.0 Å². The normalized spacial score (nSPS) is 12.4. The molecule has 0 unspecified atom stereocenters. The van der Waals surface area contributed by atoms with Gasteiger partial charge in [0.15, 0.2) is 5.82 Å². The number of aromatic nitrogens is 3. The van der Waals surface area contributed by atoms with Gasteiger partial charge in [-0.05, 0) is 41.4 Å². The number of rotatable bonds is 4. The quantitative estimate of drug-likeness (QED) is 0.742. The van der Waals surface area contributed by atoms with Crippen LogP contribution >= 0.6 is 27.5 Å². The van der Waals surface area contributed by atoms with Crippen LogP contribution in [0.3, 0.4) is 0 Å². The van der Waals surface area contributed by atoms with E-state index in [-0.39, 0.29) is 11.2 Å². The molecule has 2 aromatic rings. The van der Waals surface area contributed by atoms with Gasteiger partial charge in [0.1, 0.15) is 17.1 Å². The first-order valence-electron chi connectivity index (χ1n) is 5.77. The molecule has 0 aliphatic rings. The van der Waals surface area contributed by atoms with Crippen molar-refractivity contribution in [2.24, 2.45) is 0 Å². The lowest BCUT2D eigenvalue weighted by atomic mass is 10.3. The van der Waals surface area contributed by atoms with E-state index < -0.39 is 6.04 Å². The molecule has 3 N–H and O–H groups in total. The molecule has 0 radical (unpaired) electrons. The van der Waals surface area contributed by atoms with Crippen molar-refractivity contribution < 1.29 is 4.79 Å². The van der Waals surface area contributed by atoms with Crippen LogP contribution in [0, 0.1) is 0 Å². The summed E-state index contributed by atoms with van der Waals surface area (Å²) in [6.45, 7) is 4.20. The Morgan fingerprint density at radius 3 is 3.00 bits per heavy atom. The minimum absolute atomic E-state index is 0.101. The molecule has 0 saturated heterocycles. The second kappa shape index (κ2) is 5.75. The summed E-state index contributed by atoms with van der Waals surface area (Å²) in [5, 5.41) is 5.88. The molecule has 0 aromatic carbocycles. The average molecular weight is 347 g/mol. The highest BCUT2D eigenvalue weighted by Crippen LogP contribution is 2.27. The van der Waals surface area contributed by atoms with Crippen molar-refractivity contribution in [1.29, 1.82) is 0 Å². The first-order chi connectivity index (χ1) is 9.02. The molecule has 0 aliphatic heterocycles. The number of aromatic amines is 1. The smallest absolute Gasteiger partial charge is 0.242 e. The van der Waals surface area contributed by atoms with Gasteiger partial charge in [0.2, 0.25) is 11.2 Å². The molecule has 19 heavy (non-hydrogen) atoms. The number of halogens is 2. The lowest BCUT2D eigenvalue weighted by Gasteiger charge is -2.14. The summed E-state index contributed by atoms with van der Waals surface area (Å²) in [5.41, 5.74) is 1.37. The first kappa shape index (κ1) is 14.1. The van der Waals surface area contributed by atoms with E-state index in [1.807, 2.05) is 6.92 Å². The summed E-state index contributed by atoms with van der Waals surface area (Å²) in [7, 11) is 0. The fourth-order valence-corrected chi connectivity index (χ4v) is 2.22. The molecule has 0 aliphatic carbocycles. The molecular formula is C11H13BrClN5O. The van der Waals surface area contributed by atoms with Crippen molar-refractivity contribution in [2.45, 2.75) is 19.9 Å². The van der Waals surface area contributed by atoms with E-state index in [4.69, 9.17) is 11.6 Å². The van der Waals surface area contributed by atoms with Gasteiger partial charge in [-0.3, -0.25) is 4.79 Å². The van der Waals surface area contributed by atoms with Gasteiger partial charge >= 0.3 is 0 Å². The van der Waals surface area contributed by atoms with E-state index in [1.165, 1.54) is 0 Å². The fourth-order valence-electron chi connectivity index (χ4n) is 1.65. The Labute approximate surface area is 123 Å². The maximum atomic E-state index is 11.7. The molecule has 0 spiro atoms. The van der Waals surface area contributed by atoms with Gasteiger partial charge in [0.25, 0.3) is 0 Å². The number of amides is 1. The van der Waals surface area contributed by atoms with Gasteiger partial charge < -0.3 is 15.6 Å². The van der Waals surface area contributed by atoms with Crippen LogP contribution in [0.15, 0.2) is 10.7 Å². The van der Waals surface area contributed by atoms with Crippen molar-refractivity contribution in [3.05, 3.63) is 16.0 Å². The fraction of sp³-hybridized carbons (Fsp3) is 0.364. The standard InChI is InChI=1S/C11H13BrClN5O/c1-3-14-10(19)5(2)16-9-8-7(6(12)4-15-8)17-11(13)18-9/h4-5,15H,3H2,1-2H3,(H,14,19)(H,16,17,18)/t5-/m1/s1. The van der Waals surface area contributed by atoms with Crippen molar-refractivity contribution in [3.8, 4) is 0 Å². The summed E-state index contributed by atoms with van der Waals surface area (Å²) in [6, 6.07) is -0.420. The zero-order valence-electron chi connectivity index (χ0n) is 10.4. The highest BCUT2D eigenvalue weighted by molar-refractivity contribution is 9.10. The van der Waals surface area contributed by atoms with Gasteiger partial charge in [-0.15, -0.1) is 0 Å². The number of H-pyrrole nitrogens is 1. The number of carbonyl (C=O) groups is 1. The Kier molecular flexibility index (Phi) is 4.26. The largest absolute Gasteiger partial charge is 0.357 e. The van der Waals surface area contributed by atoms with Crippen LogP contribution in [0.4, 0.5) is 5.82 Å². The average Bonchev–Trinajstić information content (AvgIpc) is 2.71. The van der Waals surface area contributed by atoms with Crippen molar-refractivity contribution in [1.82, 2.24) is 20.3 Å². The van der Waals surface area contributed by atoms with Crippen LogP contribution in [0.2, 0.25) is 5.28 Å². The number of nitrogens with one attached hydrogen (secondary N) is 3. The molecule has 6 nitrogen and oxygen atoms in total. The molecule has 0 bridgehead atoms. The summed E-state index contributed by atoms with van der Waals surface area (Å²) in [6.07, 6.45) is 1.75. The van der Waals surface area contributed by atoms with Crippen molar-refractivity contribution >= 4 is 50.3 Å². The third-order valence-electron chi connectivity index (χ3n) is 2.55. The van der Waals surface area contributed by atoms with Crippen molar-refractivity contribution in [3.63, 3.8) is 0 Å². The second-order valence-electron chi connectivity index (χ2n) is 3.96. The predicted molar refractivity (Wildman–Crippen MR) is 78.4 cm³/mol. The summed E-state index contributed by atoms with van der Waals surface area (Å²) in [5.74, 6) is 0.399. The van der Waals surface area contributed by atoms with Gasteiger partial charge in [0, 0.05) is 12.7 Å². The topological polar surface area (TPSA) is 82.7 Å². The summed E-state index contributed by atoms with van der Waals surface area (Å²) < 4.78 is 0.792.